The molecule has 0 spiro atoms. The van der Waals surface area contributed by atoms with E-state index in [1.54, 1.807) is 6.92 Å². The second-order valence-electron chi connectivity index (χ2n) is 8.05. The summed E-state index contributed by atoms with van der Waals surface area (Å²) < 4.78 is 17.0. The van der Waals surface area contributed by atoms with Gasteiger partial charge in [0.15, 0.2) is 11.7 Å². The second-order valence-corrected chi connectivity index (χ2v) is 8.05. The summed E-state index contributed by atoms with van der Waals surface area (Å²) in [4.78, 5) is 29.6. The van der Waals surface area contributed by atoms with Crippen molar-refractivity contribution in [3.05, 3.63) is 64.5 Å². The average molecular weight is 463 g/mol. The highest BCUT2D eigenvalue weighted by molar-refractivity contribution is 5.75. The number of carbonyl (C=O) groups is 1. The number of carbonyl (C=O) groups excluding carboxylic acids is 1. The number of esters is 1. The molecule has 1 aliphatic rings. The van der Waals surface area contributed by atoms with Crippen LogP contribution in [0.4, 0.5) is 11.7 Å². The number of para-hydroxylation sites is 2. The van der Waals surface area contributed by atoms with Gasteiger partial charge in [-0.2, -0.15) is 4.98 Å². The van der Waals surface area contributed by atoms with E-state index in [9.17, 15) is 14.9 Å². The number of non-ortho nitro benzene ring substituents is 1. The van der Waals surface area contributed by atoms with Crippen LogP contribution in [0.25, 0.3) is 22.6 Å². The monoisotopic (exact) mass is 463 g/mol. The summed E-state index contributed by atoms with van der Waals surface area (Å²) in [5.74, 6) is -0.218. The largest absolute Gasteiger partial charge is 0.452 e. The molecule has 0 bridgehead atoms. The number of benzene rings is 2. The molecule has 5 rings (SSSR count). The Kier molecular flexibility index (Phi) is 5.66. The van der Waals surface area contributed by atoms with Gasteiger partial charge in [0, 0.05) is 30.8 Å². The number of nitrogens with zero attached hydrogens (tertiary/aromatic N) is 5. The number of aromatic nitrogens is 3. The summed E-state index contributed by atoms with van der Waals surface area (Å²) in [6, 6.07) is 13.9. The third kappa shape index (κ3) is 4.32. The van der Waals surface area contributed by atoms with Crippen molar-refractivity contribution >= 4 is 28.8 Å². The molecule has 11 heteroatoms. The van der Waals surface area contributed by atoms with E-state index < -0.39 is 11.0 Å². The Morgan fingerprint density at radius 2 is 1.85 bits per heavy atom. The molecule has 1 saturated heterocycles. The van der Waals surface area contributed by atoms with Crippen LogP contribution in [-0.2, 0) is 9.53 Å². The van der Waals surface area contributed by atoms with Gasteiger partial charge in [-0.25, -0.2) is 0 Å². The Morgan fingerprint density at radius 3 is 2.56 bits per heavy atom. The Labute approximate surface area is 193 Å². The highest BCUT2D eigenvalue weighted by Gasteiger charge is 2.30. The van der Waals surface area contributed by atoms with Crippen molar-refractivity contribution in [2.75, 3.05) is 18.0 Å². The van der Waals surface area contributed by atoms with Crippen LogP contribution in [0.3, 0.4) is 0 Å². The van der Waals surface area contributed by atoms with E-state index in [2.05, 4.69) is 15.2 Å². The molecule has 3 heterocycles. The van der Waals surface area contributed by atoms with E-state index in [1.807, 2.05) is 29.2 Å². The van der Waals surface area contributed by atoms with Gasteiger partial charge in [0.25, 0.3) is 17.6 Å². The molecular formula is C23H21N5O6. The van der Waals surface area contributed by atoms with Crippen LogP contribution in [-0.4, -0.2) is 39.2 Å². The van der Waals surface area contributed by atoms with Crippen LogP contribution >= 0.6 is 0 Å². The summed E-state index contributed by atoms with van der Waals surface area (Å²) in [6.07, 6.45) is 0.506. The Hall–Kier alpha value is -4.28. The van der Waals surface area contributed by atoms with Crippen LogP contribution in [0.5, 0.6) is 0 Å². The molecule has 34 heavy (non-hydrogen) atoms. The number of nitro benzene ring substituents is 1. The summed E-state index contributed by atoms with van der Waals surface area (Å²) in [7, 11) is 0. The van der Waals surface area contributed by atoms with Crippen molar-refractivity contribution in [2.45, 2.75) is 25.9 Å². The normalized spacial score (nSPS) is 15.4. The molecule has 4 aromatic rings. The van der Waals surface area contributed by atoms with Crippen molar-refractivity contribution in [1.29, 1.82) is 0 Å². The van der Waals surface area contributed by atoms with E-state index in [0.717, 1.165) is 11.1 Å². The van der Waals surface area contributed by atoms with Crippen LogP contribution in [0, 0.1) is 16.0 Å². The molecule has 1 atom stereocenters. The molecule has 1 unspecified atom stereocenters. The van der Waals surface area contributed by atoms with E-state index in [-0.39, 0.29) is 29.4 Å². The first kappa shape index (κ1) is 21.6. The predicted molar refractivity (Wildman–Crippen MR) is 120 cm³/mol. The lowest BCUT2D eigenvalue weighted by Crippen LogP contribution is -2.37. The summed E-state index contributed by atoms with van der Waals surface area (Å²) >= 11 is 0. The molecule has 0 aliphatic carbocycles. The van der Waals surface area contributed by atoms with E-state index >= 15 is 0 Å². The van der Waals surface area contributed by atoms with Gasteiger partial charge in [0.1, 0.15) is 5.52 Å². The van der Waals surface area contributed by atoms with Gasteiger partial charge in [-0.1, -0.05) is 12.1 Å². The zero-order chi connectivity index (χ0) is 23.7. The van der Waals surface area contributed by atoms with E-state index in [0.29, 0.717) is 37.5 Å². The molecule has 0 N–H and O–H groups in total. The summed E-state index contributed by atoms with van der Waals surface area (Å²) in [5.41, 5.74) is 2.04. The Morgan fingerprint density at radius 1 is 1.12 bits per heavy atom. The lowest BCUT2D eigenvalue weighted by molar-refractivity contribution is -0.384. The van der Waals surface area contributed by atoms with Crippen LogP contribution in [0.15, 0.2) is 57.4 Å². The molecule has 11 nitrogen and oxygen atoms in total. The standard InChI is InChI=1S/C23H21N5O6/c1-14(20-25-26-21(34-20)15-6-8-17(9-7-15)28(30)31)32-22(29)16-10-12-27(13-11-16)23-24-18-4-2-3-5-19(18)33-23/h2-9,14,16H,10-13H2,1H3. The molecule has 0 amide bonds. The number of oxazole rings is 1. The first-order valence-electron chi connectivity index (χ1n) is 10.9. The van der Waals surface area contributed by atoms with Crippen molar-refractivity contribution in [3.63, 3.8) is 0 Å². The zero-order valence-electron chi connectivity index (χ0n) is 18.3. The number of hydrogen-bond acceptors (Lipinski definition) is 10. The first-order chi connectivity index (χ1) is 16.5. The number of anilines is 1. The third-order valence-electron chi connectivity index (χ3n) is 5.79. The summed E-state index contributed by atoms with van der Waals surface area (Å²) in [5, 5.41) is 18.7. The highest BCUT2D eigenvalue weighted by atomic mass is 16.6. The molecule has 0 radical (unpaired) electrons. The molecule has 0 saturated carbocycles. The van der Waals surface area contributed by atoms with Crippen LogP contribution < -0.4 is 4.90 Å². The van der Waals surface area contributed by atoms with Crippen LogP contribution in [0.2, 0.25) is 0 Å². The Bertz CT molecular complexity index is 1290. The number of rotatable bonds is 6. The maximum absolute atomic E-state index is 12.7. The van der Waals surface area contributed by atoms with Gasteiger partial charge in [-0.15, -0.1) is 10.2 Å². The number of piperidine rings is 1. The average Bonchev–Trinajstić information content (AvgIpc) is 3.52. The predicted octanol–water partition coefficient (Wildman–Crippen LogP) is 4.31. The minimum Gasteiger partial charge on any atom is -0.452 e. The molecular weight excluding hydrogens is 442 g/mol. The molecule has 2 aromatic carbocycles. The maximum Gasteiger partial charge on any atom is 0.309 e. The molecule has 1 aliphatic heterocycles. The Balaban J connectivity index is 1.17. The van der Waals surface area contributed by atoms with Crippen LogP contribution in [0.1, 0.15) is 31.8 Å². The quantitative estimate of drug-likeness (QED) is 0.231. The number of nitro groups is 1. The topological polar surface area (TPSA) is 138 Å². The highest BCUT2D eigenvalue weighted by Crippen LogP contribution is 2.29. The van der Waals surface area contributed by atoms with Gasteiger partial charge in [-0.3, -0.25) is 14.9 Å². The van der Waals surface area contributed by atoms with Gasteiger partial charge >= 0.3 is 5.97 Å². The third-order valence-corrected chi connectivity index (χ3v) is 5.79. The minimum absolute atomic E-state index is 0.0343. The van der Waals surface area contributed by atoms with Gasteiger partial charge in [0.2, 0.25) is 5.89 Å². The fourth-order valence-electron chi connectivity index (χ4n) is 3.86. The summed E-state index contributed by atoms with van der Waals surface area (Å²) in [6.45, 7) is 2.93. The van der Waals surface area contributed by atoms with Gasteiger partial charge in [0.05, 0.1) is 10.8 Å². The van der Waals surface area contributed by atoms with E-state index in [1.165, 1.54) is 24.3 Å². The smallest absolute Gasteiger partial charge is 0.309 e. The molecule has 174 valence electrons. The number of fused-ring (bicyclic) bond motifs is 1. The SMILES string of the molecule is CC(OC(=O)C1CCN(c2nc3ccccc3o2)CC1)c1nnc(-c2ccc([N+](=O)[O-])cc2)o1. The lowest BCUT2D eigenvalue weighted by atomic mass is 9.97. The second kappa shape index (κ2) is 8.93. The fraction of sp³-hybridized carbons (Fsp3) is 0.304. The molecule has 2 aromatic heterocycles. The lowest BCUT2D eigenvalue weighted by Gasteiger charge is -2.30. The van der Waals surface area contributed by atoms with Gasteiger partial charge < -0.3 is 18.5 Å². The van der Waals surface area contributed by atoms with E-state index in [4.69, 9.17) is 13.6 Å². The van der Waals surface area contributed by atoms with Gasteiger partial charge in [-0.05, 0) is 44.0 Å². The fourth-order valence-corrected chi connectivity index (χ4v) is 3.86. The first-order valence-corrected chi connectivity index (χ1v) is 10.9. The molecule has 1 fully saturated rings. The van der Waals surface area contributed by atoms with Crippen molar-refractivity contribution < 1.29 is 23.3 Å². The number of hydrogen-bond donors (Lipinski definition) is 0. The van der Waals surface area contributed by atoms with Crippen molar-refractivity contribution in [3.8, 4) is 11.5 Å². The van der Waals surface area contributed by atoms with Crippen molar-refractivity contribution in [1.82, 2.24) is 15.2 Å². The van der Waals surface area contributed by atoms with Crippen molar-refractivity contribution in [2.24, 2.45) is 5.92 Å². The minimum atomic E-state index is -0.720. The number of ether oxygens (including phenoxy) is 1. The maximum atomic E-state index is 12.7. The zero-order valence-corrected chi connectivity index (χ0v) is 18.3.